The Morgan fingerprint density at radius 3 is 2.84 bits per heavy atom. The highest BCUT2D eigenvalue weighted by molar-refractivity contribution is 7.16. The molecule has 4 heteroatoms. The van der Waals surface area contributed by atoms with Crippen LogP contribution in [0.4, 0.5) is 5.69 Å². The van der Waals surface area contributed by atoms with Gasteiger partial charge in [0.1, 0.15) is 16.7 Å². The molecule has 0 aliphatic carbocycles. The predicted octanol–water partition coefficient (Wildman–Crippen LogP) is 3.97. The van der Waals surface area contributed by atoms with Crippen LogP contribution in [0.15, 0.2) is 24.3 Å². The van der Waals surface area contributed by atoms with Crippen LogP contribution in [-0.4, -0.2) is 6.61 Å². The van der Waals surface area contributed by atoms with Crippen LogP contribution in [0.5, 0.6) is 5.75 Å². The lowest BCUT2D eigenvalue weighted by Gasteiger charge is -2.06. The van der Waals surface area contributed by atoms with E-state index in [1.807, 2.05) is 31.2 Å². The Morgan fingerprint density at radius 1 is 1.42 bits per heavy atom. The third-order valence-corrected chi connectivity index (χ3v) is 4.13. The van der Waals surface area contributed by atoms with E-state index in [4.69, 9.17) is 15.7 Å². The van der Waals surface area contributed by atoms with Crippen LogP contribution in [0.3, 0.4) is 0 Å². The summed E-state index contributed by atoms with van der Waals surface area (Å²) in [6.07, 6.45) is 0.980. The SMILES string of the molecule is CCCOc1cccc(-c2sc(C#N)c(N)c2C)c1. The number of rotatable bonds is 4. The number of nitrogen functional groups attached to an aromatic ring is 1. The summed E-state index contributed by atoms with van der Waals surface area (Å²) >= 11 is 1.43. The molecule has 98 valence electrons. The Kier molecular flexibility index (Phi) is 4.08. The minimum Gasteiger partial charge on any atom is -0.494 e. The molecule has 1 aromatic carbocycles. The van der Waals surface area contributed by atoms with Crippen LogP contribution in [0.2, 0.25) is 0 Å². The standard InChI is InChI=1S/C15H16N2OS/c1-3-7-18-12-6-4-5-11(8-12)15-10(2)14(17)13(9-16)19-15/h4-6,8H,3,7,17H2,1-2H3. The average molecular weight is 272 g/mol. The van der Waals surface area contributed by atoms with Gasteiger partial charge in [-0.2, -0.15) is 5.26 Å². The number of nitriles is 1. The van der Waals surface area contributed by atoms with E-state index in [0.29, 0.717) is 17.2 Å². The highest BCUT2D eigenvalue weighted by Gasteiger charge is 2.14. The van der Waals surface area contributed by atoms with Crippen molar-refractivity contribution in [3.63, 3.8) is 0 Å². The van der Waals surface area contributed by atoms with E-state index in [-0.39, 0.29) is 0 Å². The number of nitrogens with two attached hydrogens (primary N) is 1. The van der Waals surface area contributed by atoms with Gasteiger partial charge < -0.3 is 10.5 Å². The molecular formula is C15H16N2OS. The van der Waals surface area contributed by atoms with Crippen molar-refractivity contribution in [1.29, 1.82) is 5.26 Å². The van der Waals surface area contributed by atoms with E-state index < -0.39 is 0 Å². The van der Waals surface area contributed by atoms with Gasteiger partial charge in [0, 0.05) is 4.88 Å². The first kappa shape index (κ1) is 13.4. The Bertz CT molecular complexity index is 626. The molecule has 0 fully saturated rings. The second kappa shape index (κ2) is 5.77. The second-order valence-corrected chi connectivity index (χ2v) is 5.31. The molecule has 0 atom stereocenters. The molecule has 0 amide bonds. The number of nitrogens with zero attached hydrogens (tertiary/aromatic N) is 1. The minimum absolute atomic E-state index is 0.576. The number of benzene rings is 1. The van der Waals surface area contributed by atoms with Crippen LogP contribution < -0.4 is 10.5 Å². The molecule has 0 radical (unpaired) electrons. The molecule has 2 rings (SSSR count). The molecule has 1 heterocycles. The number of hydrogen-bond donors (Lipinski definition) is 1. The maximum Gasteiger partial charge on any atom is 0.128 e. The van der Waals surface area contributed by atoms with Crippen molar-refractivity contribution in [2.24, 2.45) is 0 Å². The van der Waals surface area contributed by atoms with E-state index in [1.165, 1.54) is 11.3 Å². The van der Waals surface area contributed by atoms with Crippen LogP contribution in [0.1, 0.15) is 23.8 Å². The monoisotopic (exact) mass is 272 g/mol. The van der Waals surface area contributed by atoms with Gasteiger partial charge in [0.2, 0.25) is 0 Å². The van der Waals surface area contributed by atoms with Gasteiger partial charge in [0.25, 0.3) is 0 Å². The first-order chi connectivity index (χ1) is 9.17. The van der Waals surface area contributed by atoms with Gasteiger partial charge in [-0.15, -0.1) is 11.3 Å². The Morgan fingerprint density at radius 2 is 2.21 bits per heavy atom. The highest BCUT2D eigenvalue weighted by Crippen LogP contribution is 2.38. The minimum atomic E-state index is 0.576. The molecule has 0 aliphatic heterocycles. The lowest BCUT2D eigenvalue weighted by molar-refractivity contribution is 0.317. The fraction of sp³-hybridized carbons (Fsp3) is 0.267. The van der Waals surface area contributed by atoms with Gasteiger partial charge in [-0.1, -0.05) is 19.1 Å². The molecule has 1 aromatic heterocycles. The first-order valence-electron chi connectivity index (χ1n) is 6.19. The predicted molar refractivity (Wildman–Crippen MR) is 79.4 cm³/mol. The summed E-state index contributed by atoms with van der Waals surface area (Å²) in [6.45, 7) is 4.73. The molecule has 2 aromatic rings. The smallest absolute Gasteiger partial charge is 0.128 e. The Balaban J connectivity index is 2.39. The third kappa shape index (κ3) is 2.72. The first-order valence-corrected chi connectivity index (χ1v) is 7.01. The molecule has 0 saturated heterocycles. The Hall–Kier alpha value is -1.99. The van der Waals surface area contributed by atoms with Crippen molar-refractivity contribution in [2.45, 2.75) is 20.3 Å². The van der Waals surface area contributed by atoms with Gasteiger partial charge >= 0.3 is 0 Å². The summed E-state index contributed by atoms with van der Waals surface area (Å²) in [5.74, 6) is 0.851. The van der Waals surface area contributed by atoms with E-state index >= 15 is 0 Å². The third-order valence-electron chi connectivity index (χ3n) is 2.86. The average Bonchev–Trinajstić information content (AvgIpc) is 2.73. The maximum absolute atomic E-state index is 9.03. The molecule has 2 N–H and O–H groups in total. The summed E-state index contributed by atoms with van der Waals surface area (Å²) < 4.78 is 5.63. The van der Waals surface area contributed by atoms with Gasteiger partial charge in [-0.3, -0.25) is 0 Å². The normalized spacial score (nSPS) is 10.2. The zero-order chi connectivity index (χ0) is 13.8. The van der Waals surface area contributed by atoms with Gasteiger partial charge in [-0.05, 0) is 36.6 Å². The second-order valence-electron chi connectivity index (χ2n) is 4.29. The van der Waals surface area contributed by atoms with E-state index in [0.717, 1.165) is 28.2 Å². The van der Waals surface area contributed by atoms with E-state index in [9.17, 15) is 0 Å². The molecule has 0 unspecified atom stereocenters. The summed E-state index contributed by atoms with van der Waals surface area (Å²) in [7, 11) is 0. The van der Waals surface area contributed by atoms with Gasteiger partial charge in [0.05, 0.1) is 12.3 Å². The van der Waals surface area contributed by atoms with Crippen molar-refractivity contribution >= 4 is 17.0 Å². The number of anilines is 1. The fourth-order valence-corrected chi connectivity index (χ4v) is 2.85. The molecule has 19 heavy (non-hydrogen) atoms. The van der Waals surface area contributed by atoms with Crippen molar-refractivity contribution in [3.05, 3.63) is 34.7 Å². The van der Waals surface area contributed by atoms with Crippen LogP contribution in [-0.2, 0) is 0 Å². The molecule has 0 bridgehead atoms. The number of hydrogen-bond acceptors (Lipinski definition) is 4. The maximum atomic E-state index is 9.03. The van der Waals surface area contributed by atoms with E-state index in [1.54, 1.807) is 0 Å². The van der Waals surface area contributed by atoms with Crippen LogP contribution >= 0.6 is 11.3 Å². The zero-order valence-electron chi connectivity index (χ0n) is 11.1. The van der Waals surface area contributed by atoms with Crippen LogP contribution in [0.25, 0.3) is 10.4 Å². The molecular weight excluding hydrogens is 256 g/mol. The van der Waals surface area contributed by atoms with Gasteiger partial charge in [0.15, 0.2) is 0 Å². The Labute approximate surface area is 117 Å². The lowest BCUT2D eigenvalue weighted by atomic mass is 10.1. The van der Waals surface area contributed by atoms with Crippen LogP contribution in [0, 0.1) is 18.3 Å². The number of thiophene rings is 1. The largest absolute Gasteiger partial charge is 0.494 e. The highest BCUT2D eigenvalue weighted by atomic mass is 32.1. The van der Waals surface area contributed by atoms with Crippen molar-refractivity contribution in [1.82, 2.24) is 0 Å². The molecule has 3 nitrogen and oxygen atoms in total. The summed E-state index contributed by atoms with van der Waals surface area (Å²) in [6, 6.07) is 10.0. The summed E-state index contributed by atoms with van der Waals surface area (Å²) in [5.41, 5.74) is 8.52. The molecule has 0 spiro atoms. The van der Waals surface area contributed by atoms with Crippen molar-refractivity contribution in [3.8, 4) is 22.3 Å². The van der Waals surface area contributed by atoms with Gasteiger partial charge in [-0.25, -0.2) is 0 Å². The molecule has 0 saturated carbocycles. The number of ether oxygens (including phenoxy) is 1. The van der Waals surface area contributed by atoms with Crippen molar-refractivity contribution in [2.75, 3.05) is 12.3 Å². The zero-order valence-corrected chi connectivity index (χ0v) is 11.9. The van der Waals surface area contributed by atoms with E-state index in [2.05, 4.69) is 13.0 Å². The summed E-state index contributed by atoms with van der Waals surface area (Å²) in [4.78, 5) is 1.61. The lowest BCUT2D eigenvalue weighted by Crippen LogP contribution is -1.94. The van der Waals surface area contributed by atoms with Crippen molar-refractivity contribution < 1.29 is 4.74 Å². The quantitative estimate of drug-likeness (QED) is 0.916. The fourth-order valence-electron chi connectivity index (χ4n) is 1.83. The topological polar surface area (TPSA) is 59.0 Å². The summed E-state index contributed by atoms with van der Waals surface area (Å²) in [5, 5.41) is 9.03. The molecule has 0 aliphatic rings.